The van der Waals surface area contributed by atoms with Gasteiger partial charge in [0.1, 0.15) is 5.75 Å². The van der Waals surface area contributed by atoms with Gasteiger partial charge in [-0.05, 0) is 49.2 Å². The van der Waals surface area contributed by atoms with E-state index in [0.717, 1.165) is 22.6 Å². The third kappa shape index (κ3) is 4.26. The number of alkyl halides is 3. The molecule has 4 rings (SSSR count). The van der Waals surface area contributed by atoms with E-state index < -0.39 is 12.1 Å². The van der Waals surface area contributed by atoms with Crippen molar-refractivity contribution in [1.29, 1.82) is 0 Å². The number of ether oxygens (including phenoxy) is 1. The molecule has 2 N–H and O–H groups in total. The minimum atomic E-state index is -4.14. The summed E-state index contributed by atoms with van der Waals surface area (Å²) in [6.07, 6.45) is -3.70. The van der Waals surface area contributed by atoms with Crippen molar-refractivity contribution in [2.45, 2.75) is 25.9 Å². The van der Waals surface area contributed by atoms with Gasteiger partial charge in [0.05, 0.1) is 24.6 Å². The molecule has 2 aliphatic rings. The smallest absolute Gasteiger partial charge is 0.393 e. The van der Waals surface area contributed by atoms with Crippen molar-refractivity contribution in [2.75, 3.05) is 35.2 Å². The maximum absolute atomic E-state index is 12.9. The first-order chi connectivity index (χ1) is 13.8. The van der Waals surface area contributed by atoms with Gasteiger partial charge in [0.15, 0.2) is 0 Å². The molecule has 2 aliphatic heterocycles. The monoisotopic (exact) mass is 405 g/mol. The number of hydrogen-bond donors (Lipinski definition) is 2. The first-order valence-electron chi connectivity index (χ1n) is 9.55. The zero-order valence-corrected chi connectivity index (χ0v) is 16.0. The van der Waals surface area contributed by atoms with Crippen LogP contribution in [0.3, 0.4) is 0 Å². The number of halogens is 3. The molecule has 2 aromatic carbocycles. The molecule has 0 spiro atoms. The van der Waals surface area contributed by atoms with Gasteiger partial charge in [-0.3, -0.25) is 4.79 Å². The number of nitrogens with zero attached hydrogens (tertiary/aromatic N) is 1. The summed E-state index contributed by atoms with van der Waals surface area (Å²) in [5.41, 5.74) is 4.03. The summed E-state index contributed by atoms with van der Waals surface area (Å²) in [6, 6.07) is 11.1. The number of benzene rings is 2. The topological polar surface area (TPSA) is 53.6 Å². The van der Waals surface area contributed by atoms with Gasteiger partial charge < -0.3 is 20.3 Å². The zero-order valence-electron chi connectivity index (χ0n) is 16.0. The van der Waals surface area contributed by atoms with Crippen LogP contribution in [-0.4, -0.2) is 31.8 Å². The van der Waals surface area contributed by atoms with Crippen LogP contribution in [0.5, 0.6) is 5.75 Å². The second kappa shape index (κ2) is 7.50. The van der Waals surface area contributed by atoms with Gasteiger partial charge in [0, 0.05) is 36.2 Å². The molecule has 0 bridgehead atoms. The van der Waals surface area contributed by atoms with Crippen LogP contribution in [0, 0.1) is 12.8 Å². The third-order valence-electron chi connectivity index (χ3n) is 5.35. The van der Waals surface area contributed by atoms with Crippen LogP contribution >= 0.6 is 0 Å². The number of carbonyl (C=O) groups is 1. The van der Waals surface area contributed by atoms with Gasteiger partial charge in [-0.15, -0.1) is 0 Å². The Labute approximate surface area is 166 Å². The molecule has 0 radical (unpaired) electrons. The number of amides is 1. The van der Waals surface area contributed by atoms with Crippen molar-refractivity contribution < 1.29 is 22.7 Å². The van der Waals surface area contributed by atoms with E-state index >= 15 is 0 Å². The molecule has 1 amide bonds. The van der Waals surface area contributed by atoms with Gasteiger partial charge in [-0.25, -0.2) is 0 Å². The first-order valence-corrected chi connectivity index (χ1v) is 9.55. The van der Waals surface area contributed by atoms with E-state index in [1.807, 2.05) is 37.3 Å². The number of anilines is 4. The molecule has 0 aromatic heterocycles. The summed E-state index contributed by atoms with van der Waals surface area (Å²) in [4.78, 5) is 13.4. The normalized spacial score (nSPS) is 19.2. The van der Waals surface area contributed by atoms with E-state index in [0.29, 0.717) is 31.0 Å². The van der Waals surface area contributed by atoms with E-state index in [-0.39, 0.29) is 18.9 Å². The van der Waals surface area contributed by atoms with Crippen molar-refractivity contribution in [3.8, 4) is 5.75 Å². The maximum atomic E-state index is 12.9. The summed E-state index contributed by atoms with van der Waals surface area (Å²) in [5.74, 6) is -0.739. The van der Waals surface area contributed by atoms with Gasteiger partial charge in [-0.2, -0.15) is 13.2 Å². The van der Waals surface area contributed by atoms with E-state index in [1.54, 1.807) is 11.0 Å². The highest BCUT2D eigenvalue weighted by atomic mass is 19.4. The van der Waals surface area contributed by atoms with Crippen LogP contribution in [0.25, 0.3) is 0 Å². The number of nitrogens with one attached hydrogen (secondary N) is 2. The highest BCUT2D eigenvalue weighted by Crippen LogP contribution is 2.37. The van der Waals surface area contributed by atoms with Gasteiger partial charge in [0.25, 0.3) is 0 Å². The molecule has 1 unspecified atom stereocenters. The van der Waals surface area contributed by atoms with Crippen molar-refractivity contribution >= 4 is 28.7 Å². The van der Waals surface area contributed by atoms with E-state index in [2.05, 4.69) is 10.6 Å². The predicted molar refractivity (Wildman–Crippen MR) is 106 cm³/mol. The second-order valence-electron chi connectivity index (χ2n) is 7.46. The van der Waals surface area contributed by atoms with E-state index in [9.17, 15) is 18.0 Å². The minimum absolute atomic E-state index is 0.00357. The Morgan fingerprint density at radius 2 is 2.03 bits per heavy atom. The number of carbonyl (C=O) groups excluding carboxylic acids is 1. The van der Waals surface area contributed by atoms with Crippen molar-refractivity contribution in [2.24, 2.45) is 5.92 Å². The quantitative estimate of drug-likeness (QED) is 0.767. The Morgan fingerprint density at radius 3 is 2.76 bits per heavy atom. The minimum Gasteiger partial charge on any atom is -0.491 e. The highest BCUT2D eigenvalue weighted by molar-refractivity contribution is 5.93. The van der Waals surface area contributed by atoms with Crippen molar-refractivity contribution in [1.82, 2.24) is 0 Å². The van der Waals surface area contributed by atoms with Crippen LogP contribution in [-0.2, 0) is 4.79 Å². The van der Waals surface area contributed by atoms with Crippen LogP contribution in [0.4, 0.5) is 35.9 Å². The summed E-state index contributed by atoms with van der Waals surface area (Å²) < 4.78 is 44.4. The van der Waals surface area contributed by atoms with Crippen LogP contribution < -0.4 is 20.3 Å². The third-order valence-corrected chi connectivity index (χ3v) is 5.35. The molecular weight excluding hydrogens is 383 g/mol. The number of fused-ring (bicyclic) bond motifs is 1. The van der Waals surface area contributed by atoms with Crippen LogP contribution in [0.1, 0.15) is 18.4 Å². The lowest BCUT2D eigenvalue weighted by Gasteiger charge is -2.21. The standard InChI is InChI=1S/C21H22F3N3O2/c1-13-10-16(27-8-6-14(12-27)21(22,23)24)3-5-17(13)25-15-2-4-18-19(11-15)29-9-7-20(28)26-18/h2-5,10-11,14,25H,6-9,12H2,1H3,(H,26,28). The average Bonchev–Trinajstić information content (AvgIpc) is 3.09. The first kappa shape index (κ1) is 19.4. The fourth-order valence-electron chi connectivity index (χ4n) is 3.69. The highest BCUT2D eigenvalue weighted by Gasteiger charge is 2.43. The fourth-order valence-corrected chi connectivity index (χ4v) is 3.69. The van der Waals surface area contributed by atoms with Gasteiger partial charge in [-0.1, -0.05) is 0 Å². The predicted octanol–water partition coefficient (Wildman–Crippen LogP) is 4.85. The molecule has 0 saturated carbocycles. The van der Waals surface area contributed by atoms with E-state index in [1.165, 1.54) is 0 Å². The fraction of sp³-hybridized carbons (Fsp3) is 0.381. The Bertz CT molecular complexity index is 930. The molecule has 2 aromatic rings. The summed E-state index contributed by atoms with van der Waals surface area (Å²) in [6.45, 7) is 2.65. The lowest BCUT2D eigenvalue weighted by molar-refractivity contribution is -0.168. The van der Waals surface area contributed by atoms with Gasteiger partial charge >= 0.3 is 6.18 Å². The largest absolute Gasteiger partial charge is 0.491 e. The summed E-state index contributed by atoms with van der Waals surface area (Å²) in [5, 5.41) is 6.11. The number of aryl methyl sites for hydroxylation is 1. The molecule has 5 nitrogen and oxygen atoms in total. The molecule has 8 heteroatoms. The van der Waals surface area contributed by atoms with Crippen molar-refractivity contribution in [3.05, 3.63) is 42.0 Å². The van der Waals surface area contributed by atoms with Gasteiger partial charge in [0.2, 0.25) is 5.91 Å². The molecule has 1 fully saturated rings. The van der Waals surface area contributed by atoms with E-state index in [4.69, 9.17) is 4.74 Å². The Morgan fingerprint density at radius 1 is 1.21 bits per heavy atom. The lowest BCUT2D eigenvalue weighted by atomic mass is 10.1. The average molecular weight is 405 g/mol. The molecule has 2 heterocycles. The molecule has 154 valence electrons. The van der Waals surface area contributed by atoms with Crippen LogP contribution in [0.2, 0.25) is 0 Å². The molecule has 0 aliphatic carbocycles. The Hall–Kier alpha value is -2.90. The number of rotatable bonds is 3. The zero-order chi connectivity index (χ0) is 20.6. The SMILES string of the molecule is Cc1cc(N2CCC(C(F)(F)F)C2)ccc1Nc1ccc2c(c1)OCCC(=O)N2. The number of hydrogen-bond acceptors (Lipinski definition) is 4. The molecule has 1 atom stereocenters. The Balaban J connectivity index is 1.48. The second-order valence-corrected chi connectivity index (χ2v) is 7.46. The molecule has 29 heavy (non-hydrogen) atoms. The summed E-state index contributed by atoms with van der Waals surface area (Å²) in [7, 11) is 0. The maximum Gasteiger partial charge on any atom is 0.393 e. The van der Waals surface area contributed by atoms with Crippen LogP contribution in [0.15, 0.2) is 36.4 Å². The Kier molecular flexibility index (Phi) is 5.02. The lowest BCUT2D eigenvalue weighted by Crippen LogP contribution is -2.27. The van der Waals surface area contributed by atoms with Crippen molar-refractivity contribution in [3.63, 3.8) is 0 Å². The molecule has 1 saturated heterocycles. The summed E-state index contributed by atoms with van der Waals surface area (Å²) >= 11 is 0. The molecular formula is C21H22F3N3O2.